The van der Waals surface area contributed by atoms with Crippen molar-refractivity contribution in [3.05, 3.63) is 68.5 Å². The van der Waals surface area contributed by atoms with Gasteiger partial charge in [0, 0.05) is 82.3 Å². The molecule has 94 heavy (non-hydrogen) atoms. The molecular weight excluding hydrogens is 1340 g/mol. The second-order valence-electron chi connectivity index (χ2n) is 25.3. The van der Waals surface area contributed by atoms with Gasteiger partial charge in [0.25, 0.3) is 23.0 Å². The van der Waals surface area contributed by atoms with E-state index in [9.17, 15) is 82.3 Å². The molecule has 2 saturated carbocycles. The molecule has 6 atom stereocenters. The Labute approximate surface area is 561 Å². The van der Waals surface area contributed by atoms with Gasteiger partial charge >= 0.3 is 18.8 Å². The maximum Gasteiger partial charge on any atom is 0.573 e. The van der Waals surface area contributed by atoms with Crippen LogP contribution in [-0.4, -0.2) is 134 Å². The third kappa shape index (κ3) is 25.7. The second kappa shape index (κ2) is 36.2. The van der Waals surface area contributed by atoms with Crippen LogP contribution >= 0.6 is 0 Å². The first-order valence-corrected chi connectivity index (χ1v) is 30.2. The van der Waals surface area contributed by atoms with Crippen LogP contribution in [0, 0.1) is 34.5 Å². The van der Waals surface area contributed by atoms with Crippen LogP contribution in [0.15, 0.2) is 46.0 Å². The molecule has 4 heterocycles. The monoisotopic (exact) mass is 1420 g/mol. The van der Waals surface area contributed by atoms with Crippen molar-refractivity contribution in [2.45, 2.75) is 200 Å². The Hall–Kier alpha value is -6.23. The molecule has 32 heteroatoms. The van der Waals surface area contributed by atoms with E-state index in [0.29, 0.717) is 44.2 Å². The number of nitrogens with one attached hydrogen (secondary N) is 4. The van der Waals surface area contributed by atoms with E-state index >= 15 is 0 Å². The minimum Gasteiger partial charge on any atom is -0.540 e. The fraction of sp³-hybridized carbons (Fsp3) is 0.645. The molecule has 6 N–H and O–H groups in total. The van der Waals surface area contributed by atoms with Crippen molar-refractivity contribution in [3.8, 4) is 11.5 Å². The van der Waals surface area contributed by atoms with Crippen molar-refractivity contribution in [2.24, 2.45) is 34.5 Å². The van der Waals surface area contributed by atoms with E-state index in [1.54, 1.807) is 20.8 Å². The van der Waals surface area contributed by atoms with Crippen molar-refractivity contribution >= 4 is 59.0 Å². The number of alkyl halides is 10. The Morgan fingerprint density at radius 1 is 0.649 bits per heavy atom. The molecule has 0 bridgehead atoms. The molecule has 4 fully saturated rings. The van der Waals surface area contributed by atoms with Crippen molar-refractivity contribution in [3.63, 3.8) is 0 Å². The van der Waals surface area contributed by atoms with Gasteiger partial charge in [0.15, 0.2) is 11.4 Å². The van der Waals surface area contributed by atoms with Crippen LogP contribution in [0.2, 0.25) is 0 Å². The predicted octanol–water partition coefficient (Wildman–Crippen LogP) is 11.3. The van der Waals surface area contributed by atoms with Gasteiger partial charge in [-0.2, -0.15) is 17.6 Å². The maximum atomic E-state index is 14.3. The second-order valence-corrected chi connectivity index (χ2v) is 25.3. The number of unbranched alkanes of at least 4 members (excludes halogenated alkanes) is 2. The molecule has 2 aromatic carbocycles. The summed E-state index contributed by atoms with van der Waals surface area (Å²) in [5, 5.41) is 20.7. The number of halogens is 10. The summed E-state index contributed by atoms with van der Waals surface area (Å²) in [5.41, 5.74) is -5.30. The number of hydrogen-bond donors (Lipinski definition) is 6. The summed E-state index contributed by atoms with van der Waals surface area (Å²) < 4.78 is 138. The van der Waals surface area contributed by atoms with E-state index in [1.807, 2.05) is 47.2 Å². The van der Waals surface area contributed by atoms with Gasteiger partial charge in [-0.15, -0.1) is 26.3 Å². The van der Waals surface area contributed by atoms with Crippen LogP contribution < -0.4 is 31.2 Å². The number of fused-ring (bicyclic) bond motifs is 2. The number of aromatic amines is 2. The number of aromatic nitrogens is 4. The number of H-pyrrole nitrogens is 2. The first kappa shape index (κ1) is 83.9. The SMILES string of the molecule is CC1CCN(C(=O)[C@@H](NC=O)C(C)(C)C)C1[C-]=O.CCC1CCN(C(=O)[C@@H](NC(=O)O)C(C)(C)C)C1[C-]=O.CO.O=c1[nH]c2cc(OC(F)(F)F)ccc2nc1C(F)(F)CCCCC1CC1.O=c1[nH]c2cc(OC(F)(F)F)ccc2nc1C(F)(F)CCCCC1CC1.[V].[V]. The third-order valence-corrected chi connectivity index (χ3v) is 15.9. The van der Waals surface area contributed by atoms with Crippen molar-refractivity contribution in [1.29, 1.82) is 0 Å². The standard InChI is InChI=1S/2C17H17F5N2O2.C14H23N2O4.C13H21N2O3.CH4O.2V/c2*18-16(19,8-2-1-3-10-4-5-10)14-15(25)24-13-9-11(26-17(20,21)22)6-7-12(13)23-14;1-5-9-6-7-16(10(9)8-17)12(18)11(14(2,3)4)15-13(19)20;1-9-5-6-15(10(9)7-16)12(18)11(14-8-17)13(2,3)4;1-2;;/h2*6-7,9-10H,1-5,8H2,(H,24,25);9-11,15H,5-7H2,1-4H3,(H,19,20);8-11H,5-6H2,1-4H3,(H,14,17);2H,1H3;;/q;;2*-1;;;/t;;2*9?,10?,11-;;;/m..11.../s1. The minimum atomic E-state index is -4.89. The number of aliphatic hydroxyl groups excluding tert-OH is 1. The molecule has 4 unspecified atom stereocenters. The molecular formula is C62H82F10N8O12V2-2. The van der Waals surface area contributed by atoms with E-state index in [1.165, 1.54) is 9.80 Å². The number of carbonyl (C=O) groups is 4. The number of nitrogens with zero attached hydrogens (tertiary/aromatic N) is 4. The van der Waals surface area contributed by atoms with Crippen LogP contribution in [0.25, 0.3) is 22.1 Å². The van der Waals surface area contributed by atoms with Crippen molar-refractivity contribution < 1.29 is 129 Å². The fourth-order valence-electron chi connectivity index (χ4n) is 10.6. The van der Waals surface area contributed by atoms with E-state index in [0.717, 1.165) is 101 Å². The number of aliphatic hydroxyl groups is 1. The molecule has 4 aliphatic rings. The van der Waals surface area contributed by atoms with Gasteiger partial charge in [0.1, 0.15) is 23.6 Å². The third-order valence-electron chi connectivity index (χ3n) is 15.9. The topological polar surface area (TPSA) is 283 Å². The Morgan fingerprint density at radius 3 is 1.39 bits per heavy atom. The Bertz CT molecular complexity index is 3110. The van der Waals surface area contributed by atoms with Gasteiger partial charge in [-0.25, -0.2) is 27.3 Å². The zero-order valence-corrected chi connectivity index (χ0v) is 56.4. The molecule has 4 aromatic rings. The van der Waals surface area contributed by atoms with Gasteiger partial charge in [-0.05, 0) is 84.5 Å². The van der Waals surface area contributed by atoms with Gasteiger partial charge in [-0.3, -0.25) is 24.0 Å². The van der Waals surface area contributed by atoms with Crippen LogP contribution in [0.3, 0.4) is 0 Å². The van der Waals surface area contributed by atoms with E-state index in [-0.39, 0.29) is 95.7 Å². The van der Waals surface area contributed by atoms with Crippen molar-refractivity contribution in [2.75, 3.05) is 20.2 Å². The fourth-order valence-corrected chi connectivity index (χ4v) is 10.6. The summed E-state index contributed by atoms with van der Waals surface area (Å²) in [6, 6.07) is 3.37. The summed E-state index contributed by atoms with van der Waals surface area (Å²) in [7, 11) is 1.00. The summed E-state index contributed by atoms with van der Waals surface area (Å²) >= 11 is 0. The number of carboxylic acid groups (broad SMARTS) is 1. The number of carbonyl (C=O) groups excluding carboxylic acids is 5. The van der Waals surface area contributed by atoms with Crippen LogP contribution in [-0.2, 0) is 72.9 Å². The molecule has 2 aliphatic heterocycles. The number of benzene rings is 2. The molecule has 20 nitrogen and oxygen atoms in total. The number of ether oxygens (including phenoxy) is 2. The predicted molar refractivity (Wildman–Crippen MR) is 318 cm³/mol. The molecule has 0 spiro atoms. The van der Waals surface area contributed by atoms with E-state index < -0.39 is 113 Å². The first-order chi connectivity index (χ1) is 42.8. The minimum absolute atomic E-state index is 0. The number of hydrogen-bond acceptors (Lipinski definition) is 13. The summed E-state index contributed by atoms with van der Waals surface area (Å²) in [5.74, 6) is -6.93. The molecule has 4 amide bonds. The van der Waals surface area contributed by atoms with Gasteiger partial charge < -0.3 is 59.7 Å². The zero-order valence-electron chi connectivity index (χ0n) is 53.6. The number of rotatable bonds is 22. The van der Waals surface area contributed by atoms with Gasteiger partial charge in [0.05, 0.1) is 22.1 Å². The molecule has 524 valence electrons. The average molecular weight is 1420 g/mol. The normalized spacial score (nSPS) is 18.7. The maximum absolute atomic E-state index is 14.3. The van der Waals surface area contributed by atoms with E-state index in [4.69, 9.17) is 10.2 Å². The van der Waals surface area contributed by atoms with Gasteiger partial charge in [-0.1, -0.05) is 125 Å². The summed E-state index contributed by atoms with van der Waals surface area (Å²) in [6.07, 6.45) is 3.10. The Kier molecular flexibility index (Phi) is 32.3. The van der Waals surface area contributed by atoms with Gasteiger partial charge in [0.2, 0.25) is 18.2 Å². The van der Waals surface area contributed by atoms with Crippen LogP contribution in [0.5, 0.6) is 11.5 Å². The average Bonchev–Trinajstić information content (AvgIpc) is 0.945. The zero-order chi connectivity index (χ0) is 69.3. The summed E-state index contributed by atoms with van der Waals surface area (Å²) in [4.78, 5) is 107. The molecule has 8 rings (SSSR count). The van der Waals surface area contributed by atoms with Crippen molar-refractivity contribution in [1.82, 2.24) is 40.4 Å². The number of amides is 4. The van der Waals surface area contributed by atoms with Crippen LogP contribution in [0.1, 0.15) is 163 Å². The van der Waals surface area contributed by atoms with Crippen LogP contribution in [0.4, 0.5) is 48.7 Å². The molecule has 2 radical (unpaired) electrons. The Balaban J connectivity index is 0.000000425. The molecule has 2 saturated heterocycles. The first-order valence-electron chi connectivity index (χ1n) is 30.2. The quantitative estimate of drug-likeness (QED) is 0.0185. The van der Waals surface area contributed by atoms with E-state index in [2.05, 4.69) is 40.0 Å². The largest absolute Gasteiger partial charge is 0.573 e. The molecule has 2 aromatic heterocycles. The smallest absolute Gasteiger partial charge is 0.540 e. The summed E-state index contributed by atoms with van der Waals surface area (Å²) in [6.45, 7) is 15.9. The molecule has 2 aliphatic carbocycles. The Morgan fingerprint density at radius 2 is 1.04 bits per heavy atom. The number of likely N-dealkylation sites (tertiary alicyclic amines) is 2.